The van der Waals surface area contributed by atoms with Gasteiger partial charge >= 0.3 is 0 Å². The Morgan fingerprint density at radius 2 is 2.20 bits per heavy atom. The monoisotopic (exact) mass is 310 g/mol. The Hall–Kier alpha value is -0.680. The number of carbonyl (C=O) groups is 1. The van der Waals surface area contributed by atoms with Gasteiger partial charge in [0.15, 0.2) is 0 Å². The topological polar surface area (TPSA) is 33.2 Å². The molecule has 0 radical (unpaired) electrons. The highest BCUT2D eigenvalue weighted by molar-refractivity contribution is 8.07. The van der Waals surface area contributed by atoms with Crippen molar-refractivity contribution in [3.8, 4) is 0 Å². The number of amides is 1. The highest BCUT2D eigenvalue weighted by atomic mass is 32.2. The Bertz CT molecular complexity index is 439. The van der Waals surface area contributed by atoms with Crippen molar-refractivity contribution in [1.29, 1.82) is 0 Å². The van der Waals surface area contributed by atoms with Crippen molar-refractivity contribution < 1.29 is 4.79 Å². The lowest BCUT2D eigenvalue weighted by atomic mass is 9.96. The SMILES string of the molecule is CC(C)(C)CN(C(=O)C1CSCCS1)c1ccccn1. The van der Waals surface area contributed by atoms with Gasteiger partial charge in [0.05, 0.1) is 5.25 Å². The Morgan fingerprint density at radius 3 is 2.75 bits per heavy atom. The summed E-state index contributed by atoms with van der Waals surface area (Å²) in [6.07, 6.45) is 1.75. The Kier molecular flexibility index (Phi) is 5.38. The first kappa shape index (κ1) is 15.7. The summed E-state index contributed by atoms with van der Waals surface area (Å²) >= 11 is 3.65. The van der Waals surface area contributed by atoms with E-state index >= 15 is 0 Å². The van der Waals surface area contributed by atoms with Gasteiger partial charge in [-0.25, -0.2) is 4.98 Å². The Morgan fingerprint density at radius 1 is 1.40 bits per heavy atom. The average molecular weight is 310 g/mol. The van der Waals surface area contributed by atoms with Crippen LogP contribution in [0.3, 0.4) is 0 Å². The fraction of sp³-hybridized carbons (Fsp3) is 0.600. The molecule has 1 saturated heterocycles. The van der Waals surface area contributed by atoms with Gasteiger partial charge in [-0.15, -0.1) is 11.8 Å². The van der Waals surface area contributed by atoms with Crippen LogP contribution in [-0.2, 0) is 4.79 Å². The summed E-state index contributed by atoms with van der Waals surface area (Å²) in [6.45, 7) is 7.15. The maximum absolute atomic E-state index is 12.8. The first-order chi connectivity index (χ1) is 9.47. The highest BCUT2D eigenvalue weighted by Crippen LogP contribution is 2.28. The number of hydrogen-bond donors (Lipinski definition) is 0. The van der Waals surface area contributed by atoms with Crippen molar-refractivity contribution in [3.05, 3.63) is 24.4 Å². The molecule has 0 N–H and O–H groups in total. The molecule has 1 aliphatic rings. The zero-order valence-electron chi connectivity index (χ0n) is 12.3. The molecule has 0 saturated carbocycles. The molecule has 5 heteroatoms. The van der Waals surface area contributed by atoms with Gasteiger partial charge in [0.25, 0.3) is 0 Å². The molecule has 1 amide bonds. The number of aromatic nitrogens is 1. The van der Waals surface area contributed by atoms with E-state index in [4.69, 9.17) is 0 Å². The van der Waals surface area contributed by atoms with Gasteiger partial charge < -0.3 is 0 Å². The third-order valence-electron chi connectivity index (χ3n) is 2.92. The van der Waals surface area contributed by atoms with Crippen LogP contribution < -0.4 is 4.90 Å². The van der Waals surface area contributed by atoms with E-state index < -0.39 is 0 Å². The zero-order chi connectivity index (χ0) is 14.6. The molecule has 0 bridgehead atoms. The largest absolute Gasteiger partial charge is 0.295 e. The molecule has 0 aromatic carbocycles. The molecule has 110 valence electrons. The molecule has 2 rings (SSSR count). The summed E-state index contributed by atoms with van der Waals surface area (Å²) in [7, 11) is 0. The molecule has 3 nitrogen and oxygen atoms in total. The van der Waals surface area contributed by atoms with Crippen LogP contribution in [0.2, 0.25) is 0 Å². The smallest absolute Gasteiger partial charge is 0.242 e. The second-order valence-corrected chi connectivity index (χ2v) is 8.57. The van der Waals surface area contributed by atoms with Gasteiger partial charge in [0.1, 0.15) is 5.82 Å². The normalized spacial score (nSPS) is 19.6. The maximum atomic E-state index is 12.8. The van der Waals surface area contributed by atoms with Crippen LogP contribution in [0, 0.1) is 5.41 Å². The van der Waals surface area contributed by atoms with Crippen LogP contribution in [0.15, 0.2) is 24.4 Å². The van der Waals surface area contributed by atoms with E-state index in [0.717, 1.165) is 23.1 Å². The second-order valence-electron chi connectivity index (χ2n) is 6.11. The summed E-state index contributed by atoms with van der Waals surface area (Å²) in [5.41, 5.74) is 0.0552. The van der Waals surface area contributed by atoms with Crippen LogP contribution in [0.4, 0.5) is 5.82 Å². The number of anilines is 1. The predicted molar refractivity (Wildman–Crippen MR) is 89.6 cm³/mol. The lowest BCUT2D eigenvalue weighted by molar-refractivity contribution is -0.118. The zero-order valence-corrected chi connectivity index (χ0v) is 14.0. The predicted octanol–water partition coefficient (Wildman–Crippen LogP) is 3.31. The van der Waals surface area contributed by atoms with Gasteiger partial charge in [-0.2, -0.15) is 11.8 Å². The second kappa shape index (κ2) is 6.85. The van der Waals surface area contributed by atoms with E-state index in [0.29, 0.717) is 6.54 Å². The van der Waals surface area contributed by atoms with Crippen LogP contribution in [0.1, 0.15) is 20.8 Å². The molecule has 0 aliphatic carbocycles. The van der Waals surface area contributed by atoms with Gasteiger partial charge in [0, 0.05) is 30.0 Å². The summed E-state index contributed by atoms with van der Waals surface area (Å²) in [5, 5.41) is 0.0677. The van der Waals surface area contributed by atoms with E-state index in [9.17, 15) is 4.79 Å². The van der Waals surface area contributed by atoms with Gasteiger partial charge in [-0.05, 0) is 17.5 Å². The lowest BCUT2D eigenvalue weighted by Gasteiger charge is -2.32. The molecule has 1 aliphatic heterocycles. The number of thioether (sulfide) groups is 2. The van der Waals surface area contributed by atoms with Crippen LogP contribution in [0.5, 0.6) is 0 Å². The molecule has 2 heterocycles. The van der Waals surface area contributed by atoms with Crippen LogP contribution in [-0.4, -0.2) is 39.9 Å². The summed E-state index contributed by atoms with van der Waals surface area (Å²) in [4.78, 5) is 19.1. The van der Waals surface area contributed by atoms with E-state index in [2.05, 4.69) is 25.8 Å². The highest BCUT2D eigenvalue weighted by Gasteiger charge is 2.30. The average Bonchev–Trinajstić information content (AvgIpc) is 2.45. The van der Waals surface area contributed by atoms with E-state index in [-0.39, 0.29) is 16.6 Å². The summed E-state index contributed by atoms with van der Waals surface area (Å²) < 4.78 is 0. The molecule has 0 spiro atoms. The van der Waals surface area contributed by atoms with Crippen molar-refractivity contribution in [2.75, 3.05) is 28.7 Å². The number of carbonyl (C=O) groups excluding carboxylic acids is 1. The Labute approximate surface area is 129 Å². The minimum atomic E-state index is 0.0552. The standard InChI is InChI=1S/C15H22N2OS2/c1-15(2,3)11-17(13-6-4-5-7-16-13)14(18)12-10-19-8-9-20-12/h4-7,12H,8-11H2,1-3H3. The maximum Gasteiger partial charge on any atom is 0.242 e. The lowest BCUT2D eigenvalue weighted by Crippen LogP contribution is -2.44. The fourth-order valence-corrected chi connectivity index (χ4v) is 4.67. The minimum absolute atomic E-state index is 0.0552. The third-order valence-corrected chi connectivity index (χ3v) is 5.66. The molecule has 1 unspecified atom stereocenters. The van der Waals surface area contributed by atoms with Gasteiger partial charge in [-0.1, -0.05) is 26.8 Å². The molecule has 1 aromatic rings. The minimum Gasteiger partial charge on any atom is -0.295 e. The van der Waals surface area contributed by atoms with Gasteiger partial charge in [0.2, 0.25) is 5.91 Å². The number of nitrogens with zero attached hydrogens (tertiary/aromatic N) is 2. The Balaban J connectivity index is 2.19. The van der Waals surface area contributed by atoms with E-state index in [1.165, 1.54) is 0 Å². The first-order valence-corrected chi connectivity index (χ1v) is 9.09. The van der Waals surface area contributed by atoms with Crippen molar-refractivity contribution in [1.82, 2.24) is 4.98 Å². The molecule has 1 atom stereocenters. The number of hydrogen-bond acceptors (Lipinski definition) is 4. The van der Waals surface area contributed by atoms with Crippen molar-refractivity contribution in [3.63, 3.8) is 0 Å². The number of rotatable bonds is 3. The quantitative estimate of drug-likeness (QED) is 0.857. The fourth-order valence-electron chi connectivity index (χ4n) is 2.06. The molecular formula is C15H22N2OS2. The van der Waals surface area contributed by atoms with E-state index in [1.807, 2.05) is 34.9 Å². The van der Waals surface area contributed by atoms with Crippen molar-refractivity contribution in [2.24, 2.45) is 5.41 Å². The molecule has 1 fully saturated rings. The van der Waals surface area contributed by atoms with Crippen molar-refractivity contribution in [2.45, 2.75) is 26.0 Å². The van der Waals surface area contributed by atoms with Crippen molar-refractivity contribution >= 4 is 35.2 Å². The number of pyridine rings is 1. The summed E-state index contributed by atoms with van der Waals surface area (Å²) in [6, 6.07) is 5.74. The van der Waals surface area contributed by atoms with Crippen LogP contribution in [0.25, 0.3) is 0 Å². The molecular weight excluding hydrogens is 288 g/mol. The first-order valence-electron chi connectivity index (χ1n) is 6.89. The van der Waals surface area contributed by atoms with Gasteiger partial charge in [-0.3, -0.25) is 9.69 Å². The summed E-state index contributed by atoms with van der Waals surface area (Å²) in [5.74, 6) is 4.10. The van der Waals surface area contributed by atoms with E-state index in [1.54, 1.807) is 18.0 Å². The molecule has 1 aromatic heterocycles. The molecule has 20 heavy (non-hydrogen) atoms. The third kappa shape index (κ3) is 4.42. The van der Waals surface area contributed by atoms with Crippen LogP contribution >= 0.6 is 23.5 Å².